The van der Waals surface area contributed by atoms with Crippen molar-refractivity contribution in [3.8, 4) is 11.4 Å². The highest BCUT2D eigenvalue weighted by Crippen LogP contribution is 2.19. The number of aromatic amines is 1. The van der Waals surface area contributed by atoms with Gasteiger partial charge in [-0.3, -0.25) is 0 Å². The monoisotopic (exact) mass is 220 g/mol. The first-order valence-corrected chi connectivity index (χ1v) is 4.93. The van der Waals surface area contributed by atoms with E-state index in [1.54, 1.807) is 6.92 Å². The van der Waals surface area contributed by atoms with E-state index in [9.17, 15) is 4.79 Å². The van der Waals surface area contributed by atoms with Gasteiger partial charge in [-0.25, -0.2) is 4.79 Å². The third kappa shape index (κ3) is 1.69. The van der Waals surface area contributed by atoms with Gasteiger partial charge in [0.15, 0.2) is 5.69 Å². The number of aromatic nitrogens is 4. The molecule has 2 heterocycles. The average Bonchev–Trinajstić information content (AvgIpc) is 2.85. The molecular formula is C10H12N4O2. The zero-order valence-corrected chi connectivity index (χ0v) is 9.10. The zero-order chi connectivity index (χ0) is 11.5. The minimum absolute atomic E-state index is 0.212. The molecule has 0 bridgehead atoms. The summed E-state index contributed by atoms with van der Waals surface area (Å²) in [5.74, 6) is -0.465. The predicted octanol–water partition coefficient (Wildman–Crippen LogP) is 0.987. The van der Waals surface area contributed by atoms with Crippen molar-refractivity contribution in [1.82, 2.24) is 20.0 Å². The first kappa shape index (κ1) is 10.4. The first-order valence-electron chi connectivity index (χ1n) is 4.93. The lowest BCUT2D eigenvalue weighted by atomic mass is 10.2. The van der Waals surface area contributed by atoms with Gasteiger partial charge < -0.3 is 9.30 Å². The number of nitrogens with zero attached hydrogens (tertiary/aromatic N) is 3. The highest BCUT2D eigenvalue weighted by atomic mass is 16.5. The second kappa shape index (κ2) is 4.18. The van der Waals surface area contributed by atoms with Crippen LogP contribution in [0.3, 0.4) is 0 Å². The Morgan fingerprint density at radius 2 is 2.38 bits per heavy atom. The minimum atomic E-state index is -0.465. The number of ether oxygens (including phenoxy) is 1. The van der Waals surface area contributed by atoms with Crippen molar-refractivity contribution in [3.05, 3.63) is 24.0 Å². The molecule has 0 aliphatic heterocycles. The van der Waals surface area contributed by atoms with Crippen molar-refractivity contribution in [2.24, 2.45) is 7.05 Å². The molecule has 0 aromatic carbocycles. The Bertz CT molecular complexity index is 500. The molecule has 0 radical (unpaired) electrons. The van der Waals surface area contributed by atoms with Crippen LogP contribution in [-0.4, -0.2) is 32.6 Å². The highest BCUT2D eigenvalue weighted by molar-refractivity contribution is 5.93. The second-order valence-corrected chi connectivity index (χ2v) is 3.25. The van der Waals surface area contributed by atoms with Crippen LogP contribution >= 0.6 is 0 Å². The molecule has 2 rings (SSSR count). The van der Waals surface area contributed by atoms with Crippen LogP contribution in [0, 0.1) is 0 Å². The van der Waals surface area contributed by atoms with Crippen molar-refractivity contribution in [2.75, 3.05) is 6.61 Å². The summed E-state index contributed by atoms with van der Waals surface area (Å²) in [4.78, 5) is 11.6. The molecule has 0 saturated heterocycles. The quantitative estimate of drug-likeness (QED) is 0.783. The van der Waals surface area contributed by atoms with Crippen molar-refractivity contribution in [3.63, 3.8) is 0 Å². The number of carbonyl (C=O) groups is 1. The summed E-state index contributed by atoms with van der Waals surface area (Å²) in [6.45, 7) is 2.07. The normalized spacial score (nSPS) is 10.4. The number of carbonyl (C=O) groups excluding carboxylic acids is 1. The Balaban J connectivity index is 2.40. The lowest BCUT2D eigenvalue weighted by molar-refractivity contribution is 0.0520. The van der Waals surface area contributed by atoms with E-state index in [1.807, 2.05) is 29.9 Å². The summed E-state index contributed by atoms with van der Waals surface area (Å²) in [6, 6.07) is 3.74. The van der Waals surface area contributed by atoms with Gasteiger partial charge in [0.25, 0.3) is 0 Å². The van der Waals surface area contributed by atoms with Crippen LogP contribution in [0.25, 0.3) is 11.4 Å². The van der Waals surface area contributed by atoms with Crippen molar-refractivity contribution >= 4 is 5.97 Å². The van der Waals surface area contributed by atoms with Gasteiger partial charge in [0.05, 0.1) is 12.3 Å². The van der Waals surface area contributed by atoms with Gasteiger partial charge in [-0.05, 0) is 19.1 Å². The summed E-state index contributed by atoms with van der Waals surface area (Å²) in [5, 5.41) is 10.2. The summed E-state index contributed by atoms with van der Waals surface area (Å²) in [7, 11) is 1.87. The molecule has 2 aromatic heterocycles. The van der Waals surface area contributed by atoms with Crippen LogP contribution in [0.4, 0.5) is 0 Å². The Morgan fingerprint density at radius 3 is 3.00 bits per heavy atom. The Kier molecular flexibility index (Phi) is 2.72. The van der Waals surface area contributed by atoms with Gasteiger partial charge in [-0.2, -0.15) is 10.3 Å². The molecule has 84 valence electrons. The van der Waals surface area contributed by atoms with Gasteiger partial charge in [0.1, 0.15) is 5.69 Å². The average molecular weight is 220 g/mol. The maximum Gasteiger partial charge on any atom is 0.361 e. The second-order valence-electron chi connectivity index (χ2n) is 3.25. The summed E-state index contributed by atoms with van der Waals surface area (Å²) in [6.07, 6.45) is 1.87. The molecule has 16 heavy (non-hydrogen) atoms. The lowest BCUT2D eigenvalue weighted by Crippen LogP contribution is -2.07. The van der Waals surface area contributed by atoms with Crippen molar-refractivity contribution in [1.29, 1.82) is 0 Å². The first-order chi connectivity index (χ1) is 7.74. The highest BCUT2D eigenvalue weighted by Gasteiger charge is 2.20. The van der Waals surface area contributed by atoms with E-state index < -0.39 is 5.97 Å². The standard InChI is InChI=1S/C10H12N4O2/c1-3-16-10(15)9-8(11-13-12-9)7-5-4-6-14(7)2/h4-6H,3H2,1-2H3,(H,11,12,13). The van der Waals surface area contributed by atoms with E-state index in [2.05, 4.69) is 15.4 Å². The van der Waals surface area contributed by atoms with Crippen LogP contribution in [0.5, 0.6) is 0 Å². The fraction of sp³-hybridized carbons (Fsp3) is 0.300. The van der Waals surface area contributed by atoms with E-state index in [-0.39, 0.29) is 5.69 Å². The predicted molar refractivity (Wildman–Crippen MR) is 56.7 cm³/mol. The molecule has 6 heteroatoms. The molecule has 6 nitrogen and oxygen atoms in total. The topological polar surface area (TPSA) is 72.8 Å². The number of esters is 1. The number of nitrogens with one attached hydrogen (secondary N) is 1. The molecule has 0 fully saturated rings. The molecule has 0 spiro atoms. The van der Waals surface area contributed by atoms with E-state index in [0.717, 1.165) is 5.69 Å². The molecular weight excluding hydrogens is 208 g/mol. The number of hydrogen-bond acceptors (Lipinski definition) is 4. The molecule has 0 atom stereocenters. The Morgan fingerprint density at radius 1 is 1.56 bits per heavy atom. The zero-order valence-electron chi connectivity index (χ0n) is 9.10. The van der Waals surface area contributed by atoms with Crippen molar-refractivity contribution in [2.45, 2.75) is 6.92 Å². The van der Waals surface area contributed by atoms with E-state index in [1.165, 1.54) is 0 Å². The molecule has 0 unspecified atom stereocenters. The molecule has 0 amide bonds. The SMILES string of the molecule is CCOC(=O)c1n[nH]nc1-c1cccn1C. The van der Waals surface area contributed by atoms with E-state index in [4.69, 9.17) is 4.74 Å². The van der Waals surface area contributed by atoms with Crippen molar-refractivity contribution < 1.29 is 9.53 Å². The summed E-state index contributed by atoms with van der Waals surface area (Å²) >= 11 is 0. The molecule has 1 N–H and O–H groups in total. The van der Waals surface area contributed by atoms with Crippen LogP contribution < -0.4 is 0 Å². The van der Waals surface area contributed by atoms with Crippen LogP contribution in [-0.2, 0) is 11.8 Å². The summed E-state index contributed by atoms with van der Waals surface area (Å²) < 4.78 is 6.76. The van der Waals surface area contributed by atoms with E-state index in [0.29, 0.717) is 12.3 Å². The molecule has 0 saturated carbocycles. The number of rotatable bonds is 3. The third-order valence-corrected chi connectivity index (χ3v) is 2.20. The fourth-order valence-electron chi connectivity index (χ4n) is 1.46. The van der Waals surface area contributed by atoms with Gasteiger partial charge in [0.2, 0.25) is 0 Å². The lowest BCUT2D eigenvalue weighted by Gasteiger charge is -2.01. The fourth-order valence-corrected chi connectivity index (χ4v) is 1.46. The maximum absolute atomic E-state index is 11.6. The molecule has 0 aliphatic carbocycles. The van der Waals surface area contributed by atoms with Crippen LogP contribution in [0.15, 0.2) is 18.3 Å². The largest absolute Gasteiger partial charge is 0.461 e. The Hall–Kier alpha value is -2.11. The van der Waals surface area contributed by atoms with Gasteiger partial charge in [-0.1, -0.05) is 0 Å². The van der Waals surface area contributed by atoms with Crippen LogP contribution in [0.1, 0.15) is 17.4 Å². The number of H-pyrrole nitrogens is 1. The van der Waals surface area contributed by atoms with Gasteiger partial charge in [-0.15, -0.1) is 5.10 Å². The Labute approximate surface area is 92.2 Å². The number of aryl methyl sites for hydroxylation is 1. The van der Waals surface area contributed by atoms with Gasteiger partial charge >= 0.3 is 5.97 Å². The molecule has 2 aromatic rings. The summed E-state index contributed by atoms with van der Waals surface area (Å²) in [5.41, 5.74) is 1.53. The third-order valence-electron chi connectivity index (χ3n) is 2.20. The van der Waals surface area contributed by atoms with Crippen LogP contribution in [0.2, 0.25) is 0 Å². The molecule has 0 aliphatic rings. The van der Waals surface area contributed by atoms with Gasteiger partial charge in [0, 0.05) is 13.2 Å². The maximum atomic E-state index is 11.6. The number of hydrogen-bond donors (Lipinski definition) is 1. The smallest absolute Gasteiger partial charge is 0.361 e. The minimum Gasteiger partial charge on any atom is -0.461 e. The van der Waals surface area contributed by atoms with E-state index >= 15 is 0 Å².